The number of thiophene rings is 1. The molecule has 8 heteroatoms. The highest BCUT2D eigenvalue weighted by molar-refractivity contribution is 7.16. The van der Waals surface area contributed by atoms with Gasteiger partial charge in [-0.3, -0.25) is 9.91 Å². The average molecular weight is 450 g/mol. The Morgan fingerprint density at radius 1 is 1.13 bits per heavy atom. The lowest BCUT2D eigenvalue weighted by Gasteiger charge is -2.34. The number of nitrogens with one attached hydrogen (secondary N) is 2. The Balaban J connectivity index is 1.39. The number of β-amino-alcohol motifs (C(OH)–C–C–N with tert-alkyl or cyclic N) is 1. The smallest absolute Gasteiger partial charge is 0.116 e. The van der Waals surface area contributed by atoms with Crippen LogP contribution in [0.5, 0.6) is 0 Å². The van der Waals surface area contributed by atoms with E-state index in [0.717, 1.165) is 81.6 Å². The first-order valence-electron chi connectivity index (χ1n) is 10.9. The van der Waals surface area contributed by atoms with Crippen molar-refractivity contribution >= 4 is 39.3 Å². The highest BCUT2D eigenvalue weighted by Crippen LogP contribution is 2.42. The second-order valence-electron chi connectivity index (χ2n) is 7.92. The van der Waals surface area contributed by atoms with Crippen molar-refractivity contribution in [2.45, 2.75) is 26.3 Å². The van der Waals surface area contributed by atoms with Crippen LogP contribution in [0.3, 0.4) is 0 Å². The van der Waals surface area contributed by atoms with Gasteiger partial charge < -0.3 is 15.3 Å². The van der Waals surface area contributed by atoms with Crippen molar-refractivity contribution in [3.8, 4) is 0 Å². The van der Waals surface area contributed by atoms with E-state index in [2.05, 4.69) is 44.6 Å². The van der Waals surface area contributed by atoms with Crippen molar-refractivity contribution in [3.63, 3.8) is 0 Å². The summed E-state index contributed by atoms with van der Waals surface area (Å²) in [6, 6.07) is 8.39. The van der Waals surface area contributed by atoms with Gasteiger partial charge in [0.05, 0.1) is 18.0 Å². The molecule has 0 saturated carbocycles. The second-order valence-corrected chi connectivity index (χ2v) is 9.47. The highest BCUT2D eigenvalue weighted by atomic mass is 35.5. The number of rotatable bonds is 8. The summed E-state index contributed by atoms with van der Waals surface area (Å²) in [4.78, 5) is 6.27. The first-order chi connectivity index (χ1) is 14.7. The van der Waals surface area contributed by atoms with Gasteiger partial charge in [-0.2, -0.15) is 0 Å². The number of halogens is 1. The average Bonchev–Trinajstić information content (AvgIpc) is 3.11. The number of aliphatic hydroxyl groups excluding tert-OH is 1. The third kappa shape index (κ3) is 5.10. The Morgan fingerprint density at radius 3 is 2.63 bits per heavy atom. The summed E-state index contributed by atoms with van der Waals surface area (Å²) in [6.45, 7) is 10.4. The molecule has 0 aliphatic carbocycles. The van der Waals surface area contributed by atoms with Crippen molar-refractivity contribution in [1.82, 2.24) is 15.2 Å². The minimum atomic E-state index is 0.256. The molecule has 1 fully saturated rings. The largest absolute Gasteiger partial charge is 0.395 e. The fourth-order valence-electron chi connectivity index (χ4n) is 4.14. The quantitative estimate of drug-likeness (QED) is 0.536. The van der Waals surface area contributed by atoms with Crippen LogP contribution in [0.2, 0.25) is 5.02 Å². The van der Waals surface area contributed by atoms with Gasteiger partial charge in [0.25, 0.3) is 0 Å². The normalized spacial score (nSPS) is 17.4. The number of aliphatic hydroxyl groups is 1. The van der Waals surface area contributed by atoms with Gasteiger partial charge in [0.1, 0.15) is 5.00 Å². The van der Waals surface area contributed by atoms with Gasteiger partial charge in [-0.25, -0.2) is 5.43 Å². The molecule has 3 N–H and O–H groups in total. The maximum absolute atomic E-state index is 9.09. The molecule has 1 aromatic carbocycles. The number of hydrogen-bond donors (Lipinski definition) is 3. The first-order valence-corrected chi connectivity index (χ1v) is 12.1. The Bertz CT molecular complexity index is 837. The maximum atomic E-state index is 9.09. The van der Waals surface area contributed by atoms with Gasteiger partial charge in [-0.15, -0.1) is 11.3 Å². The van der Waals surface area contributed by atoms with Crippen LogP contribution in [0.15, 0.2) is 24.3 Å². The lowest BCUT2D eigenvalue weighted by Crippen LogP contribution is -2.47. The summed E-state index contributed by atoms with van der Waals surface area (Å²) < 4.78 is 0. The molecule has 0 radical (unpaired) electrons. The molecule has 1 aromatic heterocycles. The minimum absolute atomic E-state index is 0.256. The van der Waals surface area contributed by atoms with E-state index in [4.69, 9.17) is 16.7 Å². The zero-order chi connectivity index (χ0) is 20.9. The van der Waals surface area contributed by atoms with E-state index in [0.29, 0.717) is 0 Å². The molecule has 0 unspecified atom stereocenters. The molecular formula is C22H32ClN5OS. The summed E-state index contributed by atoms with van der Waals surface area (Å²) in [6.07, 6.45) is 2.15. The molecule has 4 rings (SSSR count). The predicted molar refractivity (Wildman–Crippen MR) is 127 cm³/mol. The van der Waals surface area contributed by atoms with E-state index in [1.54, 1.807) is 0 Å². The zero-order valence-electron chi connectivity index (χ0n) is 17.7. The number of fused-ring (bicyclic) bond motifs is 2. The van der Waals surface area contributed by atoms with Crippen LogP contribution in [0.4, 0.5) is 16.4 Å². The van der Waals surface area contributed by atoms with E-state index < -0.39 is 0 Å². The second kappa shape index (κ2) is 10.3. The van der Waals surface area contributed by atoms with Gasteiger partial charge in [0.2, 0.25) is 0 Å². The SMILES string of the molecule is CCc1cc2c(s1)N(NCCCN1CCN(CCO)CC1)c1ccc(Cl)cc1NC2. The van der Waals surface area contributed by atoms with Gasteiger partial charge in [0.15, 0.2) is 0 Å². The number of anilines is 3. The molecule has 2 aliphatic rings. The fourth-order valence-corrected chi connectivity index (χ4v) is 5.42. The van der Waals surface area contributed by atoms with E-state index in [1.807, 2.05) is 23.5 Å². The van der Waals surface area contributed by atoms with Crippen LogP contribution >= 0.6 is 22.9 Å². The van der Waals surface area contributed by atoms with Crippen LogP contribution in [0.25, 0.3) is 0 Å². The summed E-state index contributed by atoms with van der Waals surface area (Å²) in [5.41, 5.74) is 7.21. The zero-order valence-corrected chi connectivity index (χ0v) is 19.2. The van der Waals surface area contributed by atoms with Crippen molar-refractivity contribution in [3.05, 3.63) is 39.7 Å². The molecule has 1 saturated heterocycles. The Morgan fingerprint density at radius 2 is 1.90 bits per heavy atom. The van der Waals surface area contributed by atoms with Gasteiger partial charge in [-0.05, 0) is 43.7 Å². The summed E-state index contributed by atoms with van der Waals surface area (Å²) in [7, 11) is 0. The van der Waals surface area contributed by atoms with Crippen LogP contribution in [-0.4, -0.2) is 67.3 Å². The van der Waals surface area contributed by atoms with Crippen LogP contribution in [-0.2, 0) is 13.0 Å². The van der Waals surface area contributed by atoms with Crippen LogP contribution in [0.1, 0.15) is 23.8 Å². The fraction of sp³-hybridized carbons (Fsp3) is 0.545. The highest BCUT2D eigenvalue weighted by Gasteiger charge is 2.23. The molecule has 2 aromatic rings. The Labute approximate surface area is 188 Å². The first kappa shape index (κ1) is 21.9. The van der Waals surface area contributed by atoms with Gasteiger partial charge in [-0.1, -0.05) is 18.5 Å². The van der Waals surface area contributed by atoms with Gasteiger partial charge in [0, 0.05) is 61.3 Å². The van der Waals surface area contributed by atoms with Crippen molar-refractivity contribution in [1.29, 1.82) is 0 Å². The standard InChI is InChI=1S/C22H32ClN5OS/c1-2-19-14-17-16-24-20-15-18(23)4-5-21(20)28(22(17)30-19)25-6-3-7-26-8-10-27(11-9-26)12-13-29/h4-5,14-15,24-25,29H,2-3,6-13,16H2,1H3. The van der Waals surface area contributed by atoms with E-state index in [9.17, 15) is 0 Å². The van der Waals surface area contributed by atoms with Gasteiger partial charge >= 0.3 is 0 Å². The summed E-state index contributed by atoms with van der Waals surface area (Å²) in [5, 5.41) is 16.9. The van der Waals surface area contributed by atoms with E-state index >= 15 is 0 Å². The van der Waals surface area contributed by atoms with Crippen LogP contribution in [0, 0.1) is 0 Å². The predicted octanol–water partition coefficient (Wildman–Crippen LogP) is 3.53. The Hall–Kier alpha value is -1.35. The topological polar surface area (TPSA) is 54.0 Å². The number of nitrogens with zero attached hydrogens (tertiary/aromatic N) is 3. The van der Waals surface area contributed by atoms with Crippen molar-refractivity contribution in [2.24, 2.45) is 0 Å². The molecular weight excluding hydrogens is 418 g/mol. The molecule has 0 spiro atoms. The molecule has 2 aliphatic heterocycles. The molecule has 0 bridgehead atoms. The third-order valence-electron chi connectivity index (χ3n) is 5.86. The molecule has 6 nitrogen and oxygen atoms in total. The molecule has 164 valence electrons. The van der Waals surface area contributed by atoms with Crippen molar-refractivity contribution < 1.29 is 5.11 Å². The van der Waals surface area contributed by atoms with Crippen LogP contribution < -0.4 is 15.8 Å². The summed E-state index contributed by atoms with van der Waals surface area (Å²) in [5.74, 6) is 0. The number of hydrogen-bond acceptors (Lipinski definition) is 7. The number of benzene rings is 1. The number of aryl methyl sites for hydroxylation is 1. The van der Waals surface area contributed by atoms with E-state index in [1.165, 1.54) is 15.4 Å². The maximum Gasteiger partial charge on any atom is 0.116 e. The number of piperazine rings is 1. The lowest BCUT2D eigenvalue weighted by molar-refractivity contribution is 0.112. The molecule has 0 atom stereocenters. The molecule has 3 heterocycles. The lowest BCUT2D eigenvalue weighted by atomic mass is 10.2. The summed E-state index contributed by atoms with van der Waals surface area (Å²) >= 11 is 8.12. The third-order valence-corrected chi connectivity index (χ3v) is 7.40. The Kier molecular flexibility index (Phi) is 7.51. The van der Waals surface area contributed by atoms with Crippen molar-refractivity contribution in [2.75, 3.05) is 62.7 Å². The van der Waals surface area contributed by atoms with E-state index in [-0.39, 0.29) is 6.61 Å². The molecule has 0 amide bonds. The minimum Gasteiger partial charge on any atom is -0.395 e. The number of hydrazine groups is 1. The monoisotopic (exact) mass is 449 g/mol. The molecule has 30 heavy (non-hydrogen) atoms.